The van der Waals surface area contributed by atoms with Gasteiger partial charge < -0.3 is 10.2 Å². The van der Waals surface area contributed by atoms with Gasteiger partial charge in [-0.25, -0.2) is 0 Å². The Morgan fingerprint density at radius 1 is 1.19 bits per heavy atom. The molecule has 1 aromatic carbocycles. The molecule has 0 spiro atoms. The normalized spacial score (nSPS) is 11.1. The Morgan fingerprint density at radius 2 is 1.88 bits per heavy atom. The third-order valence-corrected chi connectivity index (χ3v) is 2.78. The molecule has 2 heteroatoms. The molecule has 90 valence electrons. The molecule has 0 radical (unpaired) electrons. The molecule has 16 heavy (non-hydrogen) atoms. The molecule has 0 saturated heterocycles. The number of nitrogens with one attached hydrogen (secondary N) is 1. The smallest absolute Gasteiger partial charge is 0.0345 e. The van der Waals surface area contributed by atoms with Crippen molar-refractivity contribution in [3.63, 3.8) is 0 Å². The average Bonchev–Trinajstić information content (AvgIpc) is 2.25. The summed E-state index contributed by atoms with van der Waals surface area (Å²) in [4.78, 5) is 2.19. The van der Waals surface area contributed by atoms with Gasteiger partial charge in [-0.15, -0.1) is 0 Å². The van der Waals surface area contributed by atoms with Gasteiger partial charge in [0.05, 0.1) is 0 Å². The number of anilines is 1. The Bertz CT molecular complexity index is 303. The van der Waals surface area contributed by atoms with Crippen LogP contribution in [0.1, 0.15) is 32.3 Å². The van der Waals surface area contributed by atoms with Gasteiger partial charge in [-0.3, -0.25) is 0 Å². The first-order valence-corrected chi connectivity index (χ1v) is 6.15. The van der Waals surface area contributed by atoms with Gasteiger partial charge in [0.15, 0.2) is 0 Å². The van der Waals surface area contributed by atoms with Crippen molar-refractivity contribution < 1.29 is 0 Å². The van der Waals surface area contributed by atoms with Crippen LogP contribution < -0.4 is 5.32 Å². The van der Waals surface area contributed by atoms with E-state index in [1.807, 2.05) is 0 Å². The van der Waals surface area contributed by atoms with E-state index < -0.39 is 0 Å². The Labute approximate surface area is 99.7 Å². The van der Waals surface area contributed by atoms with Crippen LogP contribution in [-0.4, -0.2) is 25.0 Å². The molecule has 1 N–H and O–H groups in total. The zero-order chi connectivity index (χ0) is 12.0. The van der Waals surface area contributed by atoms with Crippen LogP contribution in [0.4, 0.5) is 5.69 Å². The van der Waals surface area contributed by atoms with Crippen LogP contribution in [0.3, 0.4) is 0 Å². The molecule has 1 rings (SSSR count). The molecule has 0 atom stereocenters. The topological polar surface area (TPSA) is 15.3 Å². The van der Waals surface area contributed by atoms with Crippen LogP contribution >= 0.6 is 0 Å². The summed E-state index contributed by atoms with van der Waals surface area (Å²) in [7, 11) is 4.20. The van der Waals surface area contributed by atoms with Crippen molar-refractivity contribution in [3.8, 4) is 0 Å². The lowest BCUT2D eigenvalue weighted by atomic mass is 10.1. The van der Waals surface area contributed by atoms with Crippen molar-refractivity contribution in [2.24, 2.45) is 0 Å². The number of nitrogens with zero attached hydrogens (tertiary/aromatic N) is 1. The summed E-state index contributed by atoms with van der Waals surface area (Å²) in [5, 5.41) is 3.57. The van der Waals surface area contributed by atoms with Crippen molar-refractivity contribution in [2.75, 3.05) is 19.4 Å². The maximum Gasteiger partial charge on any atom is 0.0345 e. The molecule has 0 unspecified atom stereocenters. The van der Waals surface area contributed by atoms with Gasteiger partial charge in [-0.05, 0) is 44.6 Å². The van der Waals surface area contributed by atoms with Crippen molar-refractivity contribution >= 4 is 5.69 Å². The van der Waals surface area contributed by atoms with Crippen molar-refractivity contribution in [1.29, 1.82) is 0 Å². The second kappa shape index (κ2) is 6.54. The summed E-state index contributed by atoms with van der Waals surface area (Å²) in [6, 6.07) is 9.30. The summed E-state index contributed by atoms with van der Waals surface area (Å²) in [5.41, 5.74) is 2.61. The van der Waals surface area contributed by atoms with Crippen LogP contribution in [0, 0.1) is 0 Å². The van der Waals surface area contributed by atoms with Gasteiger partial charge in [0, 0.05) is 18.3 Å². The highest BCUT2D eigenvalue weighted by atomic mass is 15.0. The highest BCUT2D eigenvalue weighted by Crippen LogP contribution is 2.14. The zero-order valence-corrected chi connectivity index (χ0v) is 11.0. The van der Waals surface area contributed by atoms with Gasteiger partial charge in [-0.1, -0.05) is 26.0 Å². The SMILES string of the molecule is CCC(CC)Nc1cccc(CN(C)C)c1. The minimum absolute atomic E-state index is 0.592. The van der Waals surface area contributed by atoms with E-state index in [9.17, 15) is 0 Å². The number of benzene rings is 1. The fourth-order valence-electron chi connectivity index (χ4n) is 1.85. The minimum atomic E-state index is 0.592. The van der Waals surface area contributed by atoms with Crippen molar-refractivity contribution in [3.05, 3.63) is 29.8 Å². The largest absolute Gasteiger partial charge is 0.382 e. The van der Waals surface area contributed by atoms with Crippen molar-refractivity contribution in [2.45, 2.75) is 39.3 Å². The van der Waals surface area contributed by atoms with Gasteiger partial charge >= 0.3 is 0 Å². The molecule has 0 aliphatic heterocycles. The summed E-state index contributed by atoms with van der Waals surface area (Å²) < 4.78 is 0. The standard InChI is InChI=1S/C14H24N2/c1-5-13(6-2)15-14-9-7-8-12(10-14)11-16(3)4/h7-10,13,15H,5-6,11H2,1-4H3. The Kier molecular flexibility index (Phi) is 5.33. The number of hydrogen-bond donors (Lipinski definition) is 1. The summed E-state index contributed by atoms with van der Waals surface area (Å²) >= 11 is 0. The first kappa shape index (κ1) is 13.0. The van der Waals surface area contributed by atoms with Crippen LogP contribution in [-0.2, 0) is 6.54 Å². The Hall–Kier alpha value is -1.02. The number of rotatable bonds is 6. The van der Waals surface area contributed by atoms with Crippen molar-refractivity contribution in [1.82, 2.24) is 4.90 Å². The second-order valence-corrected chi connectivity index (χ2v) is 4.60. The Balaban J connectivity index is 2.66. The van der Waals surface area contributed by atoms with Gasteiger partial charge in [0.2, 0.25) is 0 Å². The molecule has 0 bridgehead atoms. The molecular weight excluding hydrogens is 196 g/mol. The lowest BCUT2D eigenvalue weighted by molar-refractivity contribution is 0.402. The summed E-state index contributed by atoms with van der Waals surface area (Å²) in [5.74, 6) is 0. The van der Waals surface area contributed by atoms with E-state index in [-0.39, 0.29) is 0 Å². The summed E-state index contributed by atoms with van der Waals surface area (Å²) in [6.07, 6.45) is 2.35. The monoisotopic (exact) mass is 220 g/mol. The maximum absolute atomic E-state index is 3.57. The van der Waals surface area contributed by atoms with Crippen LogP contribution in [0.5, 0.6) is 0 Å². The fourth-order valence-corrected chi connectivity index (χ4v) is 1.85. The molecule has 0 aromatic heterocycles. The molecule has 0 aliphatic rings. The average molecular weight is 220 g/mol. The molecular formula is C14H24N2. The zero-order valence-electron chi connectivity index (χ0n) is 11.0. The lowest BCUT2D eigenvalue weighted by Crippen LogP contribution is -2.17. The third-order valence-electron chi connectivity index (χ3n) is 2.78. The van der Waals surface area contributed by atoms with E-state index in [0.29, 0.717) is 6.04 Å². The highest BCUT2D eigenvalue weighted by molar-refractivity contribution is 5.46. The number of hydrogen-bond acceptors (Lipinski definition) is 2. The quantitative estimate of drug-likeness (QED) is 0.791. The van der Waals surface area contributed by atoms with Crippen LogP contribution in [0.15, 0.2) is 24.3 Å². The molecule has 0 amide bonds. The van der Waals surface area contributed by atoms with E-state index in [2.05, 4.69) is 62.4 Å². The fraction of sp³-hybridized carbons (Fsp3) is 0.571. The van der Waals surface area contributed by atoms with Gasteiger partial charge in [-0.2, -0.15) is 0 Å². The van der Waals surface area contributed by atoms with E-state index in [1.54, 1.807) is 0 Å². The van der Waals surface area contributed by atoms with E-state index in [1.165, 1.54) is 24.1 Å². The van der Waals surface area contributed by atoms with E-state index >= 15 is 0 Å². The minimum Gasteiger partial charge on any atom is -0.382 e. The predicted molar refractivity (Wildman–Crippen MR) is 71.8 cm³/mol. The summed E-state index contributed by atoms with van der Waals surface area (Å²) in [6.45, 7) is 5.45. The lowest BCUT2D eigenvalue weighted by Gasteiger charge is -2.17. The molecule has 0 fully saturated rings. The molecule has 0 aliphatic carbocycles. The molecule has 0 heterocycles. The molecule has 2 nitrogen and oxygen atoms in total. The molecule has 1 aromatic rings. The first-order valence-electron chi connectivity index (χ1n) is 6.15. The second-order valence-electron chi connectivity index (χ2n) is 4.60. The Morgan fingerprint density at radius 3 is 2.44 bits per heavy atom. The third kappa shape index (κ3) is 4.23. The van der Waals surface area contributed by atoms with Gasteiger partial charge in [0.25, 0.3) is 0 Å². The van der Waals surface area contributed by atoms with Crippen LogP contribution in [0.2, 0.25) is 0 Å². The predicted octanol–water partition coefficient (Wildman–Crippen LogP) is 3.35. The molecule has 0 saturated carbocycles. The maximum atomic E-state index is 3.57. The van der Waals surface area contributed by atoms with Gasteiger partial charge in [0.1, 0.15) is 0 Å². The highest BCUT2D eigenvalue weighted by Gasteiger charge is 2.03. The van der Waals surface area contributed by atoms with E-state index in [0.717, 1.165) is 6.54 Å². The first-order chi connectivity index (χ1) is 7.65. The van der Waals surface area contributed by atoms with Crippen LogP contribution in [0.25, 0.3) is 0 Å². The van der Waals surface area contributed by atoms with E-state index in [4.69, 9.17) is 0 Å².